The molecule has 1 saturated carbocycles. The normalized spacial score (nSPS) is 15.4. The molecule has 0 atom stereocenters. The smallest absolute Gasteiger partial charge is 0.308 e. The summed E-state index contributed by atoms with van der Waals surface area (Å²) in [7, 11) is 1.58. The van der Waals surface area contributed by atoms with Crippen molar-refractivity contribution in [3.8, 4) is 17.2 Å². The first kappa shape index (κ1) is 12.7. The maximum atomic E-state index is 10.9. The number of hydrogen-bond donors (Lipinski definition) is 0. The van der Waals surface area contributed by atoms with Gasteiger partial charge in [0.1, 0.15) is 5.75 Å². The van der Waals surface area contributed by atoms with Crippen LogP contribution in [0.4, 0.5) is 0 Å². The number of methoxy groups -OCH3 is 1. The van der Waals surface area contributed by atoms with Crippen LogP contribution in [-0.2, 0) is 4.79 Å². The number of hydrogen-bond acceptors (Lipinski definition) is 4. The molecule has 0 aromatic heterocycles. The number of rotatable bonds is 4. The first-order valence-electron chi connectivity index (χ1n) is 6.22. The third kappa shape index (κ3) is 3.15. The van der Waals surface area contributed by atoms with Gasteiger partial charge in [0.15, 0.2) is 11.5 Å². The van der Waals surface area contributed by atoms with Crippen molar-refractivity contribution in [1.29, 1.82) is 0 Å². The van der Waals surface area contributed by atoms with Crippen molar-refractivity contribution in [2.45, 2.75) is 38.7 Å². The Labute approximate surface area is 107 Å². The van der Waals surface area contributed by atoms with Crippen LogP contribution in [0, 0.1) is 0 Å². The first-order valence-corrected chi connectivity index (χ1v) is 6.22. The van der Waals surface area contributed by atoms with Crippen molar-refractivity contribution >= 4 is 5.97 Å². The number of benzene rings is 1. The van der Waals surface area contributed by atoms with E-state index in [9.17, 15) is 4.79 Å². The Kier molecular flexibility index (Phi) is 4.07. The third-order valence-corrected chi connectivity index (χ3v) is 2.99. The Balaban J connectivity index is 2.11. The van der Waals surface area contributed by atoms with E-state index in [4.69, 9.17) is 14.2 Å². The van der Waals surface area contributed by atoms with Gasteiger partial charge < -0.3 is 14.2 Å². The average Bonchev–Trinajstić information content (AvgIpc) is 2.83. The van der Waals surface area contributed by atoms with Crippen LogP contribution in [0.3, 0.4) is 0 Å². The van der Waals surface area contributed by atoms with E-state index in [0.29, 0.717) is 17.2 Å². The van der Waals surface area contributed by atoms with Gasteiger partial charge in [-0.15, -0.1) is 0 Å². The monoisotopic (exact) mass is 250 g/mol. The lowest BCUT2D eigenvalue weighted by molar-refractivity contribution is -0.131. The molecule has 0 unspecified atom stereocenters. The summed E-state index contributed by atoms with van der Waals surface area (Å²) in [5, 5.41) is 0. The highest BCUT2D eigenvalue weighted by molar-refractivity contribution is 5.69. The number of ether oxygens (including phenoxy) is 3. The molecule has 1 aliphatic rings. The summed E-state index contributed by atoms with van der Waals surface area (Å²) < 4.78 is 16.2. The second-order valence-corrected chi connectivity index (χ2v) is 4.43. The molecule has 1 fully saturated rings. The Morgan fingerprint density at radius 3 is 2.56 bits per heavy atom. The lowest BCUT2D eigenvalue weighted by atomic mass is 10.2. The van der Waals surface area contributed by atoms with E-state index in [1.807, 2.05) is 0 Å². The van der Waals surface area contributed by atoms with Crippen molar-refractivity contribution in [3.05, 3.63) is 18.2 Å². The summed E-state index contributed by atoms with van der Waals surface area (Å²) in [6.45, 7) is 1.37. The molecule has 0 amide bonds. The van der Waals surface area contributed by atoms with Gasteiger partial charge in [-0.3, -0.25) is 4.79 Å². The fourth-order valence-electron chi connectivity index (χ4n) is 2.16. The molecule has 0 N–H and O–H groups in total. The molecule has 0 heterocycles. The van der Waals surface area contributed by atoms with Gasteiger partial charge in [-0.1, -0.05) is 0 Å². The van der Waals surface area contributed by atoms with Gasteiger partial charge in [-0.05, 0) is 37.8 Å². The maximum absolute atomic E-state index is 10.9. The second kappa shape index (κ2) is 5.76. The maximum Gasteiger partial charge on any atom is 0.308 e. The van der Waals surface area contributed by atoms with Crippen LogP contribution in [-0.4, -0.2) is 19.2 Å². The molecule has 0 spiro atoms. The molecule has 0 saturated heterocycles. The fourth-order valence-corrected chi connectivity index (χ4v) is 2.16. The van der Waals surface area contributed by atoms with Gasteiger partial charge in [0.25, 0.3) is 0 Å². The second-order valence-electron chi connectivity index (χ2n) is 4.43. The van der Waals surface area contributed by atoms with Gasteiger partial charge in [0.05, 0.1) is 13.2 Å². The summed E-state index contributed by atoms with van der Waals surface area (Å²) in [5.74, 6) is 1.43. The largest absolute Gasteiger partial charge is 0.493 e. The van der Waals surface area contributed by atoms with Gasteiger partial charge in [-0.25, -0.2) is 0 Å². The van der Waals surface area contributed by atoms with Crippen molar-refractivity contribution in [3.63, 3.8) is 0 Å². The predicted octanol–water partition coefficient (Wildman–Crippen LogP) is 2.94. The lowest BCUT2D eigenvalue weighted by Crippen LogP contribution is -2.11. The SMILES string of the molecule is COc1cc(OC(C)=O)ccc1OC1CCCC1. The fraction of sp³-hybridized carbons (Fsp3) is 0.500. The molecule has 1 aromatic carbocycles. The van der Waals surface area contributed by atoms with Crippen LogP contribution in [0.2, 0.25) is 0 Å². The summed E-state index contributed by atoms with van der Waals surface area (Å²) >= 11 is 0. The van der Waals surface area contributed by atoms with E-state index in [1.165, 1.54) is 19.8 Å². The van der Waals surface area contributed by atoms with E-state index >= 15 is 0 Å². The molecule has 2 rings (SSSR count). The van der Waals surface area contributed by atoms with Crippen LogP contribution < -0.4 is 14.2 Å². The molecule has 18 heavy (non-hydrogen) atoms. The minimum Gasteiger partial charge on any atom is -0.493 e. The third-order valence-electron chi connectivity index (χ3n) is 2.99. The first-order chi connectivity index (χ1) is 8.69. The zero-order valence-corrected chi connectivity index (χ0v) is 10.8. The molecule has 0 radical (unpaired) electrons. The summed E-state index contributed by atoms with van der Waals surface area (Å²) in [6, 6.07) is 5.18. The highest BCUT2D eigenvalue weighted by Crippen LogP contribution is 2.34. The molecular weight excluding hydrogens is 232 g/mol. The molecule has 98 valence electrons. The summed E-state index contributed by atoms with van der Waals surface area (Å²) in [6.07, 6.45) is 4.90. The minimum atomic E-state index is -0.346. The Hall–Kier alpha value is -1.71. The molecule has 1 aliphatic carbocycles. The summed E-state index contributed by atoms with van der Waals surface area (Å²) in [5.41, 5.74) is 0. The zero-order valence-electron chi connectivity index (χ0n) is 10.8. The van der Waals surface area contributed by atoms with Crippen LogP contribution in [0.25, 0.3) is 0 Å². The molecule has 0 bridgehead atoms. The molecule has 1 aromatic rings. The average molecular weight is 250 g/mol. The molecule has 0 aliphatic heterocycles. The van der Waals surface area contributed by atoms with Crippen molar-refractivity contribution < 1.29 is 19.0 Å². The van der Waals surface area contributed by atoms with E-state index in [0.717, 1.165) is 12.8 Å². The van der Waals surface area contributed by atoms with Crippen molar-refractivity contribution in [2.24, 2.45) is 0 Å². The van der Waals surface area contributed by atoms with E-state index in [1.54, 1.807) is 25.3 Å². The Morgan fingerprint density at radius 1 is 1.22 bits per heavy atom. The standard InChI is InChI=1S/C14H18O4/c1-10(15)17-12-7-8-13(14(9-12)16-2)18-11-5-3-4-6-11/h7-9,11H,3-6H2,1-2H3. The number of carbonyl (C=O) groups excluding carboxylic acids is 1. The van der Waals surface area contributed by atoms with E-state index in [2.05, 4.69) is 0 Å². The highest BCUT2D eigenvalue weighted by atomic mass is 16.5. The number of carbonyl (C=O) groups is 1. The topological polar surface area (TPSA) is 44.8 Å². The van der Waals surface area contributed by atoms with Gasteiger partial charge in [0, 0.05) is 13.0 Å². The van der Waals surface area contributed by atoms with Crippen molar-refractivity contribution in [2.75, 3.05) is 7.11 Å². The Morgan fingerprint density at radius 2 is 1.94 bits per heavy atom. The molecule has 4 nitrogen and oxygen atoms in total. The van der Waals surface area contributed by atoms with Crippen LogP contribution >= 0.6 is 0 Å². The molecular formula is C14H18O4. The van der Waals surface area contributed by atoms with Crippen molar-refractivity contribution in [1.82, 2.24) is 0 Å². The highest BCUT2D eigenvalue weighted by Gasteiger charge is 2.18. The Bertz CT molecular complexity index is 422. The van der Waals surface area contributed by atoms with E-state index in [-0.39, 0.29) is 12.1 Å². The minimum absolute atomic E-state index is 0.276. The van der Waals surface area contributed by atoms with E-state index < -0.39 is 0 Å². The van der Waals surface area contributed by atoms with Crippen LogP contribution in [0.15, 0.2) is 18.2 Å². The van der Waals surface area contributed by atoms with Crippen LogP contribution in [0.5, 0.6) is 17.2 Å². The van der Waals surface area contributed by atoms with Gasteiger partial charge >= 0.3 is 5.97 Å². The molecule has 4 heteroatoms. The zero-order chi connectivity index (χ0) is 13.0. The van der Waals surface area contributed by atoms with Crippen LogP contribution in [0.1, 0.15) is 32.6 Å². The lowest BCUT2D eigenvalue weighted by Gasteiger charge is -2.16. The summed E-state index contributed by atoms with van der Waals surface area (Å²) in [4.78, 5) is 10.9. The van der Waals surface area contributed by atoms with Gasteiger partial charge in [-0.2, -0.15) is 0 Å². The number of esters is 1. The quantitative estimate of drug-likeness (QED) is 0.608. The predicted molar refractivity (Wildman–Crippen MR) is 67.2 cm³/mol. The van der Waals surface area contributed by atoms with Gasteiger partial charge in [0.2, 0.25) is 0 Å².